The molecule has 1 N–H and O–H groups in total. The molecule has 0 fully saturated rings. The SMILES string of the molecule is C/C=C/C=C/C(=O)NCCc1cn2ccccc2n1. The van der Waals surface area contributed by atoms with Gasteiger partial charge in [0.2, 0.25) is 5.91 Å². The van der Waals surface area contributed by atoms with Gasteiger partial charge in [0, 0.05) is 31.4 Å². The highest BCUT2D eigenvalue weighted by molar-refractivity contribution is 5.87. The lowest BCUT2D eigenvalue weighted by atomic mass is 10.3. The predicted molar refractivity (Wildman–Crippen MR) is 75.9 cm³/mol. The Kier molecular flexibility index (Phi) is 4.50. The van der Waals surface area contributed by atoms with Gasteiger partial charge in [0.15, 0.2) is 0 Å². The third-order valence-electron chi connectivity index (χ3n) is 2.65. The maximum Gasteiger partial charge on any atom is 0.243 e. The molecule has 0 aliphatic carbocycles. The van der Waals surface area contributed by atoms with Crippen LogP contribution >= 0.6 is 0 Å². The molecular weight excluding hydrogens is 238 g/mol. The second kappa shape index (κ2) is 6.54. The summed E-state index contributed by atoms with van der Waals surface area (Å²) in [5.74, 6) is -0.0816. The molecule has 0 saturated heterocycles. The molecule has 0 radical (unpaired) electrons. The van der Waals surface area contributed by atoms with Gasteiger partial charge >= 0.3 is 0 Å². The first-order valence-corrected chi connectivity index (χ1v) is 6.29. The first-order chi connectivity index (χ1) is 9.29. The summed E-state index contributed by atoms with van der Waals surface area (Å²) in [5, 5.41) is 2.83. The van der Waals surface area contributed by atoms with Crippen LogP contribution in [-0.4, -0.2) is 21.8 Å². The van der Waals surface area contributed by atoms with E-state index in [9.17, 15) is 4.79 Å². The van der Waals surface area contributed by atoms with Gasteiger partial charge in [-0.15, -0.1) is 0 Å². The zero-order chi connectivity index (χ0) is 13.5. The largest absolute Gasteiger partial charge is 0.352 e. The van der Waals surface area contributed by atoms with E-state index in [1.807, 2.05) is 54.1 Å². The minimum atomic E-state index is -0.0816. The van der Waals surface area contributed by atoms with Gasteiger partial charge in [-0.05, 0) is 19.1 Å². The monoisotopic (exact) mass is 255 g/mol. The molecule has 2 aromatic heterocycles. The van der Waals surface area contributed by atoms with E-state index in [1.54, 1.807) is 6.08 Å². The zero-order valence-electron chi connectivity index (χ0n) is 10.9. The van der Waals surface area contributed by atoms with Crippen molar-refractivity contribution in [3.63, 3.8) is 0 Å². The van der Waals surface area contributed by atoms with Crippen molar-refractivity contribution >= 4 is 11.6 Å². The number of nitrogens with one attached hydrogen (secondary N) is 1. The van der Waals surface area contributed by atoms with E-state index in [1.165, 1.54) is 6.08 Å². The number of amides is 1. The van der Waals surface area contributed by atoms with E-state index in [2.05, 4.69) is 10.3 Å². The van der Waals surface area contributed by atoms with Crippen LogP contribution in [0.15, 0.2) is 54.9 Å². The Morgan fingerprint density at radius 1 is 1.42 bits per heavy atom. The van der Waals surface area contributed by atoms with Gasteiger partial charge < -0.3 is 9.72 Å². The highest BCUT2D eigenvalue weighted by atomic mass is 16.1. The Hall–Kier alpha value is -2.36. The molecule has 0 unspecified atom stereocenters. The van der Waals surface area contributed by atoms with Crippen LogP contribution in [0.2, 0.25) is 0 Å². The lowest BCUT2D eigenvalue weighted by Crippen LogP contribution is -2.23. The number of aromatic nitrogens is 2. The number of hydrogen-bond donors (Lipinski definition) is 1. The number of nitrogens with zero attached hydrogens (tertiary/aromatic N) is 2. The van der Waals surface area contributed by atoms with Crippen LogP contribution in [0.1, 0.15) is 12.6 Å². The molecule has 0 saturated carbocycles. The lowest BCUT2D eigenvalue weighted by molar-refractivity contribution is -0.116. The van der Waals surface area contributed by atoms with Crippen LogP contribution in [0.4, 0.5) is 0 Å². The van der Waals surface area contributed by atoms with Crippen LogP contribution in [0.3, 0.4) is 0 Å². The van der Waals surface area contributed by atoms with Crippen LogP contribution in [0.25, 0.3) is 5.65 Å². The smallest absolute Gasteiger partial charge is 0.243 e. The molecule has 0 aromatic carbocycles. The molecule has 98 valence electrons. The van der Waals surface area contributed by atoms with Crippen molar-refractivity contribution in [2.75, 3.05) is 6.54 Å². The second-order valence-corrected chi connectivity index (χ2v) is 4.12. The van der Waals surface area contributed by atoms with Crippen molar-refractivity contribution in [1.29, 1.82) is 0 Å². The van der Waals surface area contributed by atoms with Crippen molar-refractivity contribution in [2.45, 2.75) is 13.3 Å². The third kappa shape index (κ3) is 3.81. The van der Waals surface area contributed by atoms with Gasteiger partial charge in [-0.25, -0.2) is 4.98 Å². The Morgan fingerprint density at radius 3 is 3.11 bits per heavy atom. The Balaban J connectivity index is 1.84. The molecule has 2 rings (SSSR count). The Labute approximate surface area is 112 Å². The molecule has 0 spiro atoms. The fourth-order valence-corrected chi connectivity index (χ4v) is 1.73. The van der Waals surface area contributed by atoms with E-state index in [0.717, 1.165) is 17.8 Å². The highest BCUT2D eigenvalue weighted by Gasteiger charge is 2.01. The number of hydrogen-bond acceptors (Lipinski definition) is 2. The average Bonchev–Trinajstić information content (AvgIpc) is 2.81. The highest BCUT2D eigenvalue weighted by Crippen LogP contribution is 2.04. The molecule has 2 aromatic rings. The summed E-state index contributed by atoms with van der Waals surface area (Å²) in [4.78, 5) is 15.9. The maximum atomic E-state index is 11.4. The molecule has 4 nitrogen and oxygen atoms in total. The molecule has 19 heavy (non-hydrogen) atoms. The van der Waals surface area contributed by atoms with Crippen molar-refractivity contribution < 1.29 is 4.79 Å². The maximum absolute atomic E-state index is 11.4. The summed E-state index contributed by atoms with van der Waals surface area (Å²) < 4.78 is 1.98. The van der Waals surface area contributed by atoms with Crippen molar-refractivity contribution in [1.82, 2.24) is 14.7 Å². The predicted octanol–water partition coefficient (Wildman–Crippen LogP) is 2.13. The van der Waals surface area contributed by atoms with Crippen molar-refractivity contribution in [2.24, 2.45) is 0 Å². The number of allylic oxidation sites excluding steroid dienone is 3. The number of imidazole rings is 1. The van der Waals surface area contributed by atoms with Crippen LogP contribution < -0.4 is 5.32 Å². The van der Waals surface area contributed by atoms with Gasteiger partial charge in [0.05, 0.1) is 5.69 Å². The Morgan fingerprint density at radius 2 is 2.32 bits per heavy atom. The third-order valence-corrected chi connectivity index (χ3v) is 2.65. The molecule has 0 atom stereocenters. The van der Waals surface area contributed by atoms with Crippen LogP contribution in [0, 0.1) is 0 Å². The van der Waals surface area contributed by atoms with E-state index in [-0.39, 0.29) is 5.91 Å². The fourth-order valence-electron chi connectivity index (χ4n) is 1.73. The standard InChI is InChI=1S/C15H17N3O/c1-2-3-4-8-15(19)16-10-9-13-12-18-11-6-5-7-14(18)17-13/h2-8,11-12H,9-10H2,1H3,(H,16,19)/b3-2+,8-4+. The van der Waals surface area contributed by atoms with Gasteiger partial charge in [-0.2, -0.15) is 0 Å². The molecule has 0 aliphatic rings. The Bertz CT molecular complexity index is 578. The van der Waals surface area contributed by atoms with Crippen molar-refractivity contribution in [3.05, 3.63) is 60.6 Å². The van der Waals surface area contributed by atoms with Gasteiger partial charge in [0.1, 0.15) is 5.65 Å². The average molecular weight is 255 g/mol. The zero-order valence-corrected chi connectivity index (χ0v) is 10.9. The summed E-state index contributed by atoms with van der Waals surface area (Å²) in [7, 11) is 0. The minimum absolute atomic E-state index is 0.0816. The van der Waals surface area contributed by atoms with E-state index in [4.69, 9.17) is 0 Å². The number of carbonyl (C=O) groups is 1. The topological polar surface area (TPSA) is 46.4 Å². The number of pyridine rings is 1. The van der Waals surface area contributed by atoms with E-state index in [0.29, 0.717) is 6.54 Å². The number of fused-ring (bicyclic) bond motifs is 1. The summed E-state index contributed by atoms with van der Waals surface area (Å²) in [6.45, 7) is 2.49. The van der Waals surface area contributed by atoms with Crippen molar-refractivity contribution in [3.8, 4) is 0 Å². The summed E-state index contributed by atoms with van der Waals surface area (Å²) in [5.41, 5.74) is 1.90. The normalized spacial score (nSPS) is 11.6. The van der Waals surface area contributed by atoms with E-state index < -0.39 is 0 Å². The molecule has 2 heterocycles. The minimum Gasteiger partial charge on any atom is -0.352 e. The van der Waals surface area contributed by atoms with Gasteiger partial charge in [0.25, 0.3) is 0 Å². The molecular formula is C15H17N3O. The molecule has 1 amide bonds. The second-order valence-electron chi connectivity index (χ2n) is 4.12. The molecule has 0 bridgehead atoms. The summed E-state index contributed by atoms with van der Waals surface area (Å²) >= 11 is 0. The van der Waals surface area contributed by atoms with Crippen LogP contribution in [0.5, 0.6) is 0 Å². The fraction of sp³-hybridized carbons (Fsp3) is 0.200. The first-order valence-electron chi connectivity index (χ1n) is 6.29. The quantitative estimate of drug-likeness (QED) is 0.657. The van der Waals surface area contributed by atoms with Gasteiger partial charge in [-0.3, -0.25) is 4.79 Å². The number of rotatable bonds is 5. The lowest BCUT2D eigenvalue weighted by Gasteiger charge is -1.98. The summed E-state index contributed by atoms with van der Waals surface area (Å²) in [6, 6.07) is 5.88. The van der Waals surface area contributed by atoms with Gasteiger partial charge in [-0.1, -0.05) is 24.3 Å². The molecule has 0 aliphatic heterocycles. The molecule has 4 heteroatoms. The first kappa shape index (κ1) is 13.1. The van der Waals surface area contributed by atoms with E-state index >= 15 is 0 Å². The van der Waals surface area contributed by atoms with Crippen LogP contribution in [-0.2, 0) is 11.2 Å². The summed E-state index contributed by atoms with van der Waals surface area (Å²) in [6.07, 6.45) is 11.6. The number of carbonyl (C=O) groups excluding carboxylic acids is 1.